The van der Waals surface area contributed by atoms with Gasteiger partial charge in [-0.3, -0.25) is 4.79 Å². The maximum Gasteiger partial charge on any atom is 0.238 e. The average Bonchev–Trinajstić information content (AvgIpc) is 2.99. The number of aromatic nitrogens is 1. The minimum Gasteiger partial charge on any atom is -0.497 e. The largest absolute Gasteiger partial charge is 0.497 e. The molecule has 9 heteroatoms. The van der Waals surface area contributed by atoms with Crippen LogP contribution in [0.25, 0.3) is 22.4 Å². The summed E-state index contributed by atoms with van der Waals surface area (Å²) in [5.74, 6) is 1.29. The molecule has 1 aromatic heterocycles. The van der Waals surface area contributed by atoms with Gasteiger partial charge in [0.25, 0.3) is 0 Å². The summed E-state index contributed by atoms with van der Waals surface area (Å²) in [5.41, 5.74) is 3.98. The van der Waals surface area contributed by atoms with Gasteiger partial charge in [-0.25, -0.2) is 4.98 Å². The fraction of sp³-hybridized carbons (Fsp3) is 0.194. The summed E-state index contributed by atoms with van der Waals surface area (Å²) in [5, 5.41) is 13.4. The predicted octanol–water partition coefficient (Wildman–Crippen LogP) is 7.48. The highest BCUT2D eigenvalue weighted by Gasteiger charge is 2.25. The number of ether oxygens (including phenoxy) is 3. The number of carbonyl (C=O) groups is 1. The van der Waals surface area contributed by atoms with Crippen molar-refractivity contribution in [2.24, 2.45) is 0 Å². The second kappa shape index (κ2) is 13.2. The molecule has 0 saturated carbocycles. The first kappa shape index (κ1) is 28.8. The maximum atomic E-state index is 13.5. The number of carbonyl (C=O) groups excluding carboxylic acids is 1. The highest BCUT2D eigenvalue weighted by atomic mass is 35.5. The van der Waals surface area contributed by atoms with Crippen molar-refractivity contribution in [3.63, 3.8) is 0 Å². The number of rotatable bonds is 10. The lowest BCUT2D eigenvalue weighted by atomic mass is 9.99. The molecule has 1 amide bonds. The van der Waals surface area contributed by atoms with Crippen molar-refractivity contribution in [1.29, 1.82) is 5.26 Å². The number of nitrogens with zero attached hydrogens (tertiary/aromatic N) is 2. The molecule has 0 radical (unpaired) electrons. The fourth-order valence-corrected chi connectivity index (χ4v) is 5.37. The Bertz CT molecular complexity index is 1540. The number of thioether (sulfide) groups is 1. The van der Waals surface area contributed by atoms with Crippen LogP contribution in [0.1, 0.15) is 18.9 Å². The van der Waals surface area contributed by atoms with Gasteiger partial charge >= 0.3 is 0 Å². The molecule has 4 rings (SSSR count). The molecule has 1 heterocycles. The lowest BCUT2D eigenvalue weighted by molar-refractivity contribution is -0.115. The Kier molecular flexibility index (Phi) is 9.54. The number of hydrogen-bond acceptors (Lipinski definition) is 7. The number of benzene rings is 3. The Labute approximate surface area is 243 Å². The number of halogens is 1. The van der Waals surface area contributed by atoms with Crippen LogP contribution in [-0.4, -0.2) is 37.5 Å². The van der Waals surface area contributed by atoms with E-state index in [-0.39, 0.29) is 5.91 Å². The van der Waals surface area contributed by atoms with E-state index < -0.39 is 5.25 Å². The summed E-state index contributed by atoms with van der Waals surface area (Å²) >= 11 is 7.55. The van der Waals surface area contributed by atoms with Crippen molar-refractivity contribution in [2.45, 2.75) is 23.6 Å². The third-order valence-electron chi connectivity index (χ3n) is 6.22. The fourth-order valence-electron chi connectivity index (χ4n) is 4.10. The Morgan fingerprint density at radius 1 is 0.975 bits per heavy atom. The van der Waals surface area contributed by atoms with Gasteiger partial charge < -0.3 is 19.5 Å². The van der Waals surface area contributed by atoms with Crippen molar-refractivity contribution >= 4 is 35.0 Å². The Balaban J connectivity index is 1.74. The molecule has 0 saturated heterocycles. The van der Waals surface area contributed by atoms with Crippen molar-refractivity contribution in [3.8, 4) is 45.7 Å². The monoisotopic (exact) mass is 573 g/mol. The van der Waals surface area contributed by atoms with Crippen LogP contribution in [0, 0.1) is 11.3 Å². The van der Waals surface area contributed by atoms with Gasteiger partial charge in [0, 0.05) is 17.2 Å². The van der Waals surface area contributed by atoms with Gasteiger partial charge in [0.15, 0.2) is 0 Å². The molecule has 1 N–H and O–H groups in total. The number of pyridine rings is 1. The average molecular weight is 574 g/mol. The SMILES string of the molecule is CCC(Sc1nc(-c2ccccc2)cc(-c2ccc(OC)cc2)c1C#N)C(=O)Nc1cc(Cl)c(OC)cc1OC. The van der Waals surface area contributed by atoms with Crippen LogP contribution in [0.2, 0.25) is 5.02 Å². The number of nitriles is 1. The summed E-state index contributed by atoms with van der Waals surface area (Å²) in [6.45, 7) is 1.91. The van der Waals surface area contributed by atoms with Crippen LogP contribution in [0.15, 0.2) is 77.8 Å². The summed E-state index contributed by atoms with van der Waals surface area (Å²) in [4.78, 5) is 18.3. The van der Waals surface area contributed by atoms with Crippen LogP contribution in [0.5, 0.6) is 17.2 Å². The Morgan fingerprint density at radius 2 is 1.68 bits per heavy atom. The molecule has 0 aliphatic heterocycles. The summed E-state index contributed by atoms with van der Waals surface area (Å²) in [6.07, 6.45) is 0.489. The zero-order valence-corrected chi connectivity index (χ0v) is 24.1. The minimum atomic E-state index is -0.556. The van der Waals surface area contributed by atoms with Crippen molar-refractivity contribution in [3.05, 3.63) is 83.4 Å². The zero-order chi connectivity index (χ0) is 28.6. The van der Waals surface area contributed by atoms with E-state index in [1.165, 1.54) is 26.0 Å². The zero-order valence-electron chi connectivity index (χ0n) is 22.5. The third kappa shape index (κ3) is 6.33. The first-order valence-corrected chi connectivity index (χ1v) is 13.7. The number of anilines is 1. The van der Waals surface area contributed by atoms with Gasteiger partial charge in [-0.2, -0.15) is 5.26 Å². The lowest BCUT2D eigenvalue weighted by Gasteiger charge is -2.19. The number of amides is 1. The van der Waals surface area contributed by atoms with Gasteiger partial charge in [0.2, 0.25) is 5.91 Å². The number of nitrogens with one attached hydrogen (secondary N) is 1. The van der Waals surface area contributed by atoms with Crippen molar-refractivity contribution < 1.29 is 19.0 Å². The molecule has 0 spiro atoms. The Hall–Kier alpha value is -4.19. The molecule has 0 fully saturated rings. The molecule has 0 aliphatic carbocycles. The standard InChI is InChI=1S/C31H28ClN3O4S/c1-5-29(30(36)34-26-16-24(32)27(38-3)17-28(26)39-4)40-31-23(18-33)22(19-11-13-21(37-2)14-12-19)15-25(35-31)20-9-7-6-8-10-20/h6-17,29H,5H2,1-4H3,(H,34,36). The molecule has 4 aromatic rings. The number of hydrogen-bond donors (Lipinski definition) is 1. The van der Waals surface area contributed by atoms with Crippen LogP contribution < -0.4 is 19.5 Å². The lowest BCUT2D eigenvalue weighted by Crippen LogP contribution is -2.25. The van der Waals surface area contributed by atoms with Gasteiger partial charge in [-0.15, -0.1) is 0 Å². The van der Waals surface area contributed by atoms with E-state index in [0.717, 1.165) is 16.7 Å². The molecular weight excluding hydrogens is 546 g/mol. The molecule has 204 valence electrons. The maximum absolute atomic E-state index is 13.5. The molecule has 1 unspecified atom stereocenters. The molecule has 1 atom stereocenters. The van der Waals surface area contributed by atoms with Gasteiger partial charge in [0.05, 0.1) is 48.5 Å². The van der Waals surface area contributed by atoms with E-state index in [2.05, 4.69) is 11.4 Å². The topological polar surface area (TPSA) is 93.5 Å². The van der Waals surface area contributed by atoms with E-state index in [4.69, 9.17) is 30.8 Å². The van der Waals surface area contributed by atoms with Crippen LogP contribution in [0.3, 0.4) is 0 Å². The van der Waals surface area contributed by atoms with Gasteiger partial charge in [-0.1, -0.05) is 72.8 Å². The molecular formula is C31H28ClN3O4S. The highest BCUT2D eigenvalue weighted by Crippen LogP contribution is 2.39. The molecule has 0 aliphatic rings. The second-order valence-electron chi connectivity index (χ2n) is 8.63. The quantitative estimate of drug-likeness (QED) is 0.197. The normalized spacial score (nSPS) is 11.3. The van der Waals surface area contributed by atoms with Crippen LogP contribution in [-0.2, 0) is 4.79 Å². The first-order chi connectivity index (χ1) is 19.4. The van der Waals surface area contributed by atoms with E-state index in [1.807, 2.05) is 67.6 Å². The number of methoxy groups -OCH3 is 3. The van der Waals surface area contributed by atoms with Crippen molar-refractivity contribution in [2.75, 3.05) is 26.6 Å². The van der Waals surface area contributed by atoms with E-state index in [1.54, 1.807) is 19.2 Å². The van der Waals surface area contributed by atoms with E-state index >= 15 is 0 Å². The first-order valence-electron chi connectivity index (χ1n) is 12.5. The molecule has 40 heavy (non-hydrogen) atoms. The predicted molar refractivity (Wildman–Crippen MR) is 159 cm³/mol. The second-order valence-corrected chi connectivity index (χ2v) is 10.2. The third-order valence-corrected chi connectivity index (χ3v) is 7.86. The summed E-state index contributed by atoms with van der Waals surface area (Å²) in [7, 11) is 4.62. The minimum absolute atomic E-state index is 0.270. The van der Waals surface area contributed by atoms with Gasteiger partial charge in [0.1, 0.15) is 28.3 Å². The van der Waals surface area contributed by atoms with Crippen LogP contribution >= 0.6 is 23.4 Å². The van der Waals surface area contributed by atoms with Crippen LogP contribution in [0.4, 0.5) is 5.69 Å². The summed E-state index contributed by atoms with van der Waals surface area (Å²) < 4.78 is 16.0. The summed E-state index contributed by atoms with van der Waals surface area (Å²) in [6, 6.07) is 24.7. The smallest absolute Gasteiger partial charge is 0.238 e. The molecule has 0 bridgehead atoms. The highest BCUT2D eigenvalue weighted by molar-refractivity contribution is 8.00. The molecule has 3 aromatic carbocycles. The van der Waals surface area contributed by atoms with E-state index in [9.17, 15) is 10.1 Å². The van der Waals surface area contributed by atoms with Crippen molar-refractivity contribution in [1.82, 2.24) is 4.98 Å². The van der Waals surface area contributed by atoms with E-state index in [0.29, 0.717) is 50.7 Å². The molecule has 7 nitrogen and oxygen atoms in total. The Morgan fingerprint density at radius 3 is 2.27 bits per heavy atom. The van der Waals surface area contributed by atoms with Gasteiger partial charge in [-0.05, 0) is 36.2 Å².